The second-order valence-electron chi connectivity index (χ2n) is 10.6. The lowest BCUT2D eigenvalue weighted by molar-refractivity contribution is -0.139. The van der Waals surface area contributed by atoms with Crippen molar-refractivity contribution in [3.8, 4) is 0 Å². The molecule has 0 radical (unpaired) electrons. The first-order valence-electron chi connectivity index (χ1n) is 13.7. The zero-order valence-corrected chi connectivity index (χ0v) is 25.8. The van der Waals surface area contributed by atoms with Crippen LogP contribution in [0.5, 0.6) is 0 Å². The number of sulfonamides is 1. The molecule has 0 heterocycles. The van der Waals surface area contributed by atoms with Gasteiger partial charge in [-0.1, -0.05) is 71.9 Å². The minimum Gasteiger partial charge on any atom is -0.352 e. The number of aryl methyl sites for hydroxylation is 2. The molecule has 2 amide bonds. The zero-order valence-electron chi connectivity index (χ0n) is 23.4. The molecule has 0 aliphatic heterocycles. The Labute approximate surface area is 252 Å². The summed E-state index contributed by atoms with van der Waals surface area (Å²) in [4.78, 5) is 28.9. The average Bonchev–Trinajstić information content (AvgIpc) is 3.44. The quantitative estimate of drug-likeness (QED) is 0.291. The number of hydrogen-bond acceptors (Lipinski definition) is 4. The molecule has 0 spiro atoms. The first kappa shape index (κ1) is 30.9. The summed E-state index contributed by atoms with van der Waals surface area (Å²) in [5.74, 6) is -0.832. The maximum absolute atomic E-state index is 14.1. The highest BCUT2D eigenvalue weighted by Crippen LogP contribution is 2.27. The highest BCUT2D eigenvalue weighted by atomic mass is 35.5. The summed E-state index contributed by atoms with van der Waals surface area (Å²) in [7, 11) is -4.13. The lowest BCUT2D eigenvalue weighted by Crippen LogP contribution is -2.52. The first-order valence-corrected chi connectivity index (χ1v) is 15.8. The van der Waals surface area contributed by atoms with E-state index in [0.717, 1.165) is 41.1 Å². The van der Waals surface area contributed by atoms with Gasteiger partial charge in [0, 0.05) is 22.6 Å². The average molecular weight is 617 g/mol. The minimum atomic E-state index is -4.13. The number of halogens is 2. The molecule has 1 saturated carbocycles. The lowest BCUT2D eigenvalue weighted by Gasteiger charge is -2.32. The Bertz CT molecular complexity index is 1510. The summed E-state index contributed by atoms with van der Waals surface area (Å²) in [6, 6.07) is 17.6. The number of carbonyl (C=O) groups is 2. The van der Waals surface area contributed by atoms with Gasteiger partial charge in [0.2, 0.25) is 11.8 Å². The van der Waals surface area contributed by atoms with E-state index in [9.17, 15) is 18.0 Å². The zero-order chi connectivity index (χ0) is 29.7. The number of nitrogens with one attached hydrogen (secondary N) is 1. The number of hydrogen-bond donors (Lipinski definition) is 1. The molecule has 41 heavy (non-hydrogen) atoms. The molecule has 1 aliphatic carbocycles. The number of benzene rings is 3. The highest BCUT2D eigenvalue weighted by molar-refractivity contribution is 7.92. The Balaban J connectivity index is 1.70. The fourth-order valence-electron chi connectivity index (χ4n) is 4.96. The fourth-order valence-corrected chi connectivity index (χ4v) is 6.83. The van der Waals surface area contributed by atoms with Gasteiger partial charge in [0.25, 0.3) is 10.0 Å². The molecule has 7 nitrogen and oxygen atoms in total. The van der Waals surface area contributed by atoms with Crippen LogP contribution in [0, 0.1) is 13.8 Å². The van der Waals surface area contributed by atoms with Crippen molar-refractivity contribution in [1.82, 2.24) is 10.2 Å². The number of anilines is 1. The Kier molecular flexibility index (Phi) is 10.00. The highest BCUT2D eigenvalue weighted by Gasteiger charge is 2.33. The van der Waals surface area contributed by atoms with E-state index in [1.807, 2.05) is 19.9 Å². The molecule has 0 saturated heterocycles. The van der Waals surface area contributed by atoms with Crippen molar-refractivity contribution in [2.24, 2.45) is 0 Å². The Morgan fingerprint density at radius 3 is 2.27 bits per heavy atom. The third-order valence-corrected chi connectivity index (χ3v) is 9.78. The standard InChI is InChI=1S/C31H35Cl2N3O4S/c1-21-11-15-28(16-12-21)41(39,40)36(27-10-6-7-22(2)17-27)20-30(37)35(19-24-13-14-25(32)18-29(24)33)23(3)31(38)34-26-8-4-5-9-26/h6-7,10-18,23,26H,4-5,8-9,19-20H2,1-3H3,(H,34,38)/t23-/m0/s1. The van der Waals surface area contributed by atoms with E-state index in [-0.39, 0.29) is 23.4 Å². The molecule has 0 aromatic heterocycles. The number of rotatable bonds is 10. The van der Waals surface area contributed by atoms with Crippen LogP contribution >= 0.6 is 23.2 Å². The van der Waals surface area contributed by atoms with Gasteiger partial charge in [0.15, 0.2) is 0 Å². The largest absolute Gasteiger partial charge is 0.352 e. The third-order valence-electron chi connectivity index (χ3n) is 7.40. The Morgan fingerprint density at radius 1 is 0.951 bits per heavy atom. The molecule has 218 valence electrons. The number of amides is 2. The lowest BCUT2D eigenvalue weighted by atomic mass is 10.1. The second-order valence-corrected chi connectivity index (χ2v) is 13.3. The van der Waals surface area contributed by atoms with Crippen molar-refractivity contribution in [2.75, 3.05) is 10.8 Å². The van der Waals surface area contributed by atoms with Gasteiger partial charge in [-0.2, -0.15) is 0 Å². The van der Waals surface area contributed by atoms with Crippen LogP contribution in [0.25, 0.3) is 0 Å². The molecule has 3 aromatic rings. The van der Waals surface area contributed by atoms with Gasteiger partial charge < -0.3 is 10.2 Å². The first-order chi connectivity index (χ1) is 19.5. The summed E-state index contributed by atoms with van der Waals surface area (Å²) in [6.45, 7) is 4.87. The van der Waals surface area contributed by atoms with E-state index in [2.05, 4.69) is 5.32 Å². The predicted molar refractivity (Wildman–Crippen MR) is 164 cm³/mol. The van der Waals surface area contributed by atoms with Crippen molar-refractivity contribution in [1.29, 1.82) is 0 Å². The van der Waals surface area contributed by atoms with Crippen LogP contribution in [0.2, 0.25) is 10.0 Å². The van der Waals surface area contributed by atoms with Crippen LogP contribution in [0.1, 0.15) is 49.3 Å². The Hall–Kier alpha value is -3.07. The summed E-state index contributed by atoms with van der Waals surface area (Å²) in [5.41, 5.74) is 2.70. The molecule has 3 aromatic carbocycles. The van der Waals surface area contributed by atoms with Gasteiger partial charge in [-0.05, 0) is 81.1 Å². The van der Waals surface area contributed by atoms with Crippen molar-refractivity contribution in [2.45, 2.75) is 70.0 Å². The molecule has 4 rings (SSSR count). The van der Waals surface area contributed by atoms with Gasteiger partial charge in [-0.15, -0.1) is 0 Å². The van der Waals surface area contributed by atoms with Crippen molar-refractivity contribution in [3.63, 3.8) is 0 Å². The maximum Gasteiger partial charge on any atom is 0.264 e. The topological polar surface area (TPSA) is 86.8 Å². The second kappa shape index (κ2) is 13.3. The summed E-state index contributed by atoms with van der Waals surface area (Å²) < 4.78 is 29.0. The molecule has 1 aliphatic rings. The van der Waals surface area contributed by atoms with Crippen LogP contribution in [0.4, 0.5) is 5.69 Å². The van der Waals surface area contributed by atoms with Crippen molar-refractivity contribution in [3.05, 3.63) is 93.5 Å². The third kappa shape index (κ3) is 7.61. The van der Waals surface area contributed by atoms with E-state index in [0.29, 0.717) is 21.3 Å². The minimum absolute atomic E-state index is 0.000323. The van der Waals surface area contributed by atoms with E-state index >= 15 is 0 Å². The van der Waals surface area contributed by atoms with Crippen molar-refractivity contribution >= 4 is 50.7 Å². The molecular formula is C31H35Cl2N3O4S. The molecule has 0 bridgehead atoms. The van der Waals surface area contributed by atoms with Gasteiger partial charge in [-0.25, -0.2) is 8.42 Å². The van der Waals surface area contributed by atoms with Gasteiger partial charge in [0.1, 0.15) is 12.6 Å². The molecular weight excluding hydrogens is 581 g/mol. The summed E-state index contributed by atoms with van der Waals surface area (Å²) in [6.07, 6.45) is 3.88. The van der Waals surface area contributed by atoms with Crippen LogP contribution in [0.15, 0.2) is 71.6 Å². The van der Waals surface area contributed by atoms with Crippen molar-refractivity contribution < 1.29 is 18.0 Å². The van der Waals surface area contributed by atoms with E-state index in [4.69, 9.17) is 23.2 Å². The molecule has 1 fully saturated rings. The van der Waals surface area contributed by atoms with E-state index in [1.54, 1.807) is 55.5 Å². The SMILES string of the molecule is Cc1ccc(S(=O)(=O)N(CC(=O)N(Cc2ccc(Cl)cc2Cl)[C@@H](C)C(=O)NC2CCCC2)c2cccc(C)c2)cc1. The van der Waals surface area contributed by atoms with Gasteiger partial charge in [-0.3, -0.25) is 13.9 Å². The monoisotopic (exact) mass is 615 g/mol. The number of nitrogens with zero attached hydrogens (tertiary/aromatic N) is 2. The molecule has 1 atom stereocenters. The summed E-state index contributed by atoms with van der Waals surface area (Å²) >= 11 is 12.5. The van der Waals surface area contributed by atoms with Crippen LogP contribution in [-0.4, -0.2) is 43.8 Å². The van der Waals surface area contributed by atoms with E-state index < -0.39 is 28.5 Å². The Morgan fingerprint density at radius 2 is 1.63 bits per heavy atom. The smallest absolute Gasteiger partial charge is 0.264 e. The van der Waals surface area contributed by atoms with E-state index in [1.165, 1.54) is 17.0 Å². The number of carbonyl (C=O) groups excluding carboxylic acids is 2. The van der Waals surface area contributed by atoms with Gasteiger partial charge in [0.05, 0.1) is 10.6 Å². The molecule has 10 heteroatoms. The molecule has 1 N–H and O–H groups in total. The predicted octanol–water partition coefficient (Wildman–Crippen LogP) is 6.28. The molecule has 0 unspecified atom stereocenters. The fraction of sp³-hybridized carbons (Fsp3) is 0.355. The van der Waals surface area contributed by atoms with Gasteiger partial charge >= 0.3 is 0 Å². The van der Waals surface area contributed by atoms with Crippen LogP contribution < -0.4 is 9.62 Å². The van der Waals surface area contributed by atoms with Crippen LogP contribution in [-0.2, 0) is 26.2 Å². The van der Waals surface area contributed by atoms with Crippen LogP contribution in [0.3, 0.4) is 0 Å². The normalized spacial score (nSPS) is 14.5. The summed E-state index contributed by atoms with van der Waals surface area (Å²) in [5, 5.41) is 3.85. The maximum atomic E-state index is 14.1.